The highest BCUT2D eigenvalue weighted by Gasteiger charge is 2.28. The predicted octanol–water partition coefficient (Wildman–Crippen LogP) is 6.04. The SMILES string of the molecule is COc1cccc(-c2nc([C@@H]3CCCN(C(=O)Nc4ccc(C)c(C)c4)C3)n3ccccc23)c1. The first-order valence-corrected chi connectivity index (χ1v) is 11.8. The van der Waals surface area contributed by atoms with E-state index in [1.54, 1.807) is 7.11 Å². The molecule has 6 nitrogen and oxygen atoms in total. The number of piperidine rings is 1. The number of carbonyl (C=O) groups excluding carboxylic acids is 1. The molecule has 1 N–H and O–H groups in total. The minimum atomic E-state index is -0.0539. The summed E-state index contributed by atoms with van der Waals surface area (Å²) in [5.41, 5.74) is 6.24. The molecule has 1 atom stereocenters. The fraction of sp³-hybridized carbons (Fsp3) is 0.286. The fourth-order valence-corrected chi connectivity index (χ4v) is 4.73. The van der Waals surface area contributed by atoms with Gasteiger partial charge in [-0.1, -0.05) is 24.3 Å². The fourth-order valence-electron chi connectivity index (χ4n) is 4.73. The first-order valence-electron chi connectivity index (χ1n) is 11.8. The number of nitrogens with zero attached hydrogens (tertiary/aromatic N) is 3. The number of ether oxygens (including phenoxy) is 1. The van der Waals surface area contributed by atoms with Crippen molar-refractivity contribution in [1.82, 2.24) is 14.3 Å². The smallest absolute Gasteiger partial charge is 0.321 e. The first-order chi connectivity index (χ1) is 16.5. The van der Waals surface area contributed by atoms with Crippen LogP contribution in [0.4, 0.5) is 10.5 Å². The van der Waals surface area contributed by atoms with Crippen molar-refractivity contribution in [3.8, 4) is 17.0 Å². The molecule has 6 heteroatoms. The van der Waals surface area contributed by atoms with Gasteiger partial charge in [0.2, 0.25) is 0 Å². The number of likely N-dealkylation sites (tertiary alicyclic amines) is 1. The number of carbonyl (C=O) groups is 1. The van der Waals surface area contributed by atoms with Crippen LogP contribution in [0.2, 0.25) is 0 Å². The van der Waals surface area contributed by atoms with E-state index in [1.807, 2.05) is 53.4 Å². The second kappa shape index (κ2) is 9.21. The van der Waals surface area contributed by atoms with Gasteiger partial charge in [-0.3, -0.25) is 0 Å². The van der Waals surface area contributed by atoms with Crippen LogP contribution in [-0.4, -0.2) is 40.5 Å². The number of anilines is 1. The molecule has 1 fully saturated rings. The van der Waals surface area contributed by atoms with E-state index in [0.717, 1.165) is 53.4 Å². The number of rotatable bonds is 4. The Labute approximate surface area is 200 Å². The van der Waals surface area contributed by atoms with E-state index in [4.69, 9.17) is 9.72 Å². The summed E-state index contributed by atoms with van der Waals surface area (Å²) in [6.45, 7) is 5.53. The molecule has 4 aromatic rings. The van der Waals surface area contributed by atoms with Gasteiger partial charge >= 0.3 is 6.03 Å². The molecule has 1 aliphatic heterocycles. The van der Waals surface area contributed by atoms with E-state index >= 15 is 0 Å². The van der Waals surface area contributed by atoms with Gasteiger partial charge in [0, 0.05) is 36.5 Å². The van der Waals surface area contributed by atoms with Crippen LogP contribution < -0.4 is 10.1 Å². The van der Waals surface area contributed by atoms with E-state index < -0.39 is 0 Å². The Morgan fingerprint density at radius 2 is 1.94 bits per heavy atom. The van der Waals surface area contributed by atoms with Crippen molar-refractivity contribution in [2.24, 2.45) is 0 Å². The molecule has 3 heterocycles. The zero-order valence-electron chi connectivity index (χ0n) is 19.9. The maximum absolute atomic E-state index is 13.1. The van der Waals surface area contributed by atoms with Crippen molar-refractivity contribution in [3.63, 3.8) is 0 Å². The van der Waals surface area contributed by atoms with E-state index in [1.165, 1.54) is 11.1 Å². The molecule has 2 amide bonds. The number of hydrogen-bond acceptors (Lipinski definition) is 3. The van der Waals surface area contributed by atoms with Gasteiger partial charge in [0.1, 0.15) is 11.6 Å². The van der Waals surface area contributed by atoms with E-state index in [0.29, 0.717) is 6.54 Å². The van der Waals surface area contributed by atoms with Gasteiger partial charge in [-0.2, -0.15) is 0 Å². The molecule has 0 aliphatic carbocycles. The summed E-state index contributed by atoms with van der Waals surface area (Å²) in [6, 6.07) is 20.1. The van der Waals surface area contributed by atoms with E-state index in [2.05, 4.69) is 41.9 Å². The summed E-state index contributed by atoms with van der Waals surface area (Å²) in [6.07, 6.45) is 4.01. The Kier molecular flexibility index (Phi) is 5.97. The number of nitrogens with one attached hydrogen (secondary N) is 1. The monoisotopic (exact) mass is 454 g/mol. The molecule has 0 saturated carbocycles. The van der Waals surface area contributed by atoms with Crippen LogP contribution in [0.3, 0.4) is 0 Å². The molecular formula is C28H30N4O2. The summed E-state index contributed by atoms with van der Waals surface area (Å²) in [4.78, 5) is 20.1. The van der Waals surface area contributed by atoms with Gasteiger partial charge in [-0.15, -0.1) is 0 Å². The van der Waals surface area contributed by atoms with Crippen molar-refractivity contribution in [2.75, 3.05) is 25.5 Å². The number of hydrogen-bond donors (Lipinski definition) is 1. The number of imidazole rings is 1. The molecule has 0 radical (unpaired) electrons. The summed E-state index contributed by atoms with van der Waals surface area (Å²) in [5, 5.41) is 3.08. The Hall–Kier alpha value is -3.80. The normalized spacial score (nSPS) is 16.0. The average Bonchev–Trinajstić information content (AvgIpc) is 3.26. The molecule has 34 heavy (non-hydrogen) atoms. The lowest BCUT2D eigenvalue weighted by Gasteiger charge is -2.32. The van der Waals surface area contributed by atoms with Crippen LogP contribution in [0.5, 0.6) is 5.75 Å². The van der Waals surface area contributed by atoms with Crippen molar-refractivity contribution >= 4 is 17.2 Å². The maximum atomic E-state index is 13.1. The van der Waals surface area contributed by atoms with Gasteiger partial charge in [-0.25, -0.2) is 9.78 Å². The lowest BCUT2D eigenvalue weighted by atomic mass is 9.97. The van der Waals surface area contributed by atoms with Crippen molar-refractivity contribution in [1.29, 1.82) is 0 Å². The highest BCUT2D eigenvalue weighted by atomic mass is 16.5. The zero-order chi connectivity index (χ0) is 23.7. The van der Waals surface area contributed by atoms with E-state index in [9.17, 15) is 4.79 Å². The maximum Gasteiger partial charge on any atom is 0.321 e. The molecule has 0 unspecified atom stereocenters. The lowest BCUT2D eigenvalue weighted by Crippen LogP contribution is -2.42. The van der Waals surface area contributed by atoms with Gasteiger partial charge in [0.15, 0.2) is 0 Å². The Bertz CT molecular complexity index is 1340. The second-order valence-electron chi connectivity index (χ2n) is 9.02. The van der Waals surface area contributed by atoms with Crippen LogP contribution in [0.1, 0.15) is 35.7 Å². The number of amides is 2. The Morgan fingerprint density at radius 1 is 1.06 bits per heavy atom. The third-order valence-electron chi connectivity index (χ3n) is 6.75. The molecule has 174 valence electrons. The quantitative estimate of drug-likeness (QED) is 0.409. The molecule has 5 rings (SSSR count). The predicted molar refractivity (Wildman–Crippen MR) is 136 cm³/mol. The molecule has 0 spiro atoms. The number of pyridine rings is 1. The number of methoxy groups -OCH3 is 1. The van der Waals surface area contributed by atoms with Crippen LogP contribution in [0, 0.1) is 13.8 Å². The van der Waals surface area contributed by atoms with Crippen LogP contribution in [0.15, 0.2) is 66.9 Å². The van der Waals surface area contributed by atoms with Gasteiger partial charge in [0.25, 0.3) is 0 Å². The molecule has 1 aliphatic rings. The highest BCUT2D eigenvalue weighted by molar-refractivity contribution is 5.89. The molecule has 0 bridgehead atoms. The largest absolute Gasteiger partial charge is 0.497 e. The number of urea groups is 1. The van der Waals surface area contributed by atoms with Crippen molar-refractivity contribution in [2.45, 2.75) is 32.6 Å². The van der Waals surface area contributed by atoms with Crippen LogP contribution in [-0.2, 0) is 0 Å². The number of benzene rings is 2. The summed E-state index contributed by atoms with van der Waals surface area (Å²) in [7, 11) is 1.68. The third-order valence-corrected chi connectivity index (χ3v) is 6.75. The zero-order valence-corrected chi connectivity index (χ0v) is 19.9. The number of fused-ring (bicyclic) bond motifs is 1. The molecular weight excluding hydrogens is 424 g/mol. The molecule has 2 aromatic carbocycles. The first kappa shape index (κ1) is 22.0. The topological polar surface area (TPSA) is 58.9 Å². The lowest BCUT2D eigenvalue weighted by molar-refractivity contribution is 0.191. The molecule has 2 aromatic heterocycles. The molecule has 1 saturated heterocycles. The minimum absolute atomic E-state index is 0.0539. The highest BCUT2D eigenvalue weighted by Crippen LogP contribution is 2.33. The summed E-state index contributed by atoms with van der Waals surface area (Å²) < 4.78 is 7.60. The number of aromatic nitrogens is 2. The Morgan fingerprint density at radius 3 is 2.76 bits per heavy atom. The third kappa shape index (κ3) is 4.23. The minimum Gasteiger partial charge on any atom is -0.497 e. The van der Waals surface area contributed by atoms with Crippen LogP contribution in [0.25, 0.3) is 16.8 Å². The van der Waals surface area contributed by atoms with Crippen molar-refractivity contribution in [3.05, 3.63) is 83.8 Å². The summed E-state index contributed by atoms with van der Waals surface area (Å²) in [5.74, 6) is 1.97. The van der Waals surface area contributed by atoms with Gasteiger partial charge in [-0.05, 0) is 74.2 Å². The number of aryl methyl sites for hydroxylation is 2. The van der Waals surface area contributed by atoms with Gasteiger partial charge < -0.3 is 19.4 Å². The van der Waals surface area contributed by atoms with E-state index in [-0.39, 0.29) is 11.9 Å². The Balaban J connectivity index is 1.42. The summed E-state index contributed by atoms with van der Waals surface area (Å²) >= 11 is 0. The second-order valence-corrected chi connectivity index (χ2v) is 9.02. The van der Waals surface area contributed by atoms with Gasteiger partial charge in [0.05, 0.1) is 18.3 Å². The standard InChI is InChI=1S/C28H30N4O2/c1-19-12-13-23(16-20(19)2)29-28(33)31-14-7-9-22(18-31)27-30-26(25-11-4-5-15-32(25)27)21-8-6-10-24(17-21)34-3/h4-6,8,10-13,15-17,22H,7,9,14,18H2,1-3H3,(H,29,33)/t22-/m1/s1. The van der Waals surface area contributed by atoms with Crippen LogP contribution >= 0.6 is 0 Å². The average molecular weight is 455 g/mol. The van der Waals surface area contributed by atoms with Crippen molar-refractivity contribution < 1.29 is 9.53 Å².